The number of halogens is 1. The van der Waals surface area contributed by atoms with Crippen LogP contribution in [0.1, 0.15) is 42.1 Å². The molecule has 0 saturated heterocycles. The number of hydrogen-bond donors (Lipinski definition) is 1. The predicted molar refractivity (Wildman–Crippen MR) is 97.6 cm³/mol. The van der Waals surface area contributed by atoms with Crippen LogP contribution in [0, 0.1) is 6.92 Å². The summed E-state index contributed by atoms with van der Waals surface area (Å²) in [4.78, 5) is 14.2. The molecule has 0 aromatic heterocycles. The summed E-state index contributed by atoms with van der Waals surface area (Å²) in [5.74, 6) is 0.0597. The third-order valence-electron chi connectivity index (χ3n) is 4.16. The molecule has 2 N–H and O–H groups in total. The lowest BCUT2D eigenvalue weighted by Crippen LogP contribution is -2.32. The van der Waals surface area contributed by atoms with Gasteiger partial charge >= 0.3 is 0 Å². The Labute approximate surface area is 144 Å². The molecule has 0 aliphatic heterocycles. The molecule has 1 amide bonds. The molecular formula is C19H25ClN2O. The van der Waals surface area contributed by atoms with E-state index in [-0.39, 0.29) is 30.4 Å². The molecule has 2 aromatic carbocycles. The van der Waals surface area contributed by atoms with Crippen molar-refractivity contribution in [3.63, 3.8) is 0 Å². The fourth-order valence-electron chi connectivity index (χ4n) is 2.43. The first-order valence-corrected chi connectivity index (χ1v) is 7.62. The zero-order valence-electron chi connectivity index (χ0n) is 13.9. The zero-order valence-corrected chi connectivity index (χ0v) is 14.7. The molecule has 2 unspecified atom stereocenters. The van der Waals surface area contributed by atoms with Crippen molar-refractivity contribution in [2.75, 3.05) is 7.05 Å². The maximum absolute atomic E-state index is 12.5. The highest BCUT2D eigenvalue weighted by Gasteiger charge is 2.20. The highest BCUT2D eigenvalue weighted by molar-refractivity contribution is 5.85. The van der Waals surface area contributed by atoms with Gasteiger partial charge in [-0.25, -0.2) is 0 Å². The number of nitrogens with two attached hydrogens (primary N) is 1. The van der Waals surface area contributed by atoms with E-state index in [0.717, 1.165) is 11.1 Å². The Morgan fingerprint density at radius 2 is 1.61 bits per heavy atom. The van der Waals surface area contributed by atoms with E-state index in [4.69, 9.17) is 5.73 Å². The first kappa shape index (κ1) is 19.2. The minimum Gasteiger partial charge on any atom is -0.339 e. The second-order valence-electron chi connectivity index (χ2n) is 5.81. The number of aryl methyl sites for hydroxylation is 1. The van der Waals surface area contributed by atoms with Crippen molar-refractivity contribution in [3.8, 4) is 0 Å². The van der Waals surface area contributed by atoms with Gasteiger partial charge < -0.3 is 10.6 Å². The third kappa shape index (κ3) is 5.08. The number of carbonyl (C=O) groups is 1. The SMILES string of the molecule is Cc1ccc(C(C)N(C)C(=O)CC(N)c2ccccc2)cc1.Cl. The number of carbonyl (C=O) groups excluding carboxylic acids is 1. The highest BCUT2D eigenvalue weighted by Crippen LogP contribution is 2.22. The van der Waals surface area contributed by atoms with E-state index in [9.17, 15) is 4.79 Å². The van der Waals surface area contributed by atoms with Gasteiger partial charge in [0.25, 0.3) is 0 Å². The van der Waals surface area contributed by atoms with Gasteiger partial charge in [-0.2, -0.15) is 0 Å². The van der Waals surface area contributed by atoms with Crippen molar-refractivity contribution in [2.45, 2.75) is 32.4 Å². The summed E-state index contributed by atoms with van der Waals surface area (Å²) in [6, 6.07) is 17.8. The largest absolute Gasteiger partial charge is 0.339 e. The lowest BCUT2D eigenvalue weighted by atomic mass is 10.0. The van der Waals surface area contributed by atoms with Crippen molar-refractivity contribution in [1.82, 2.24) is 4.90 Å². The zero-order chi connectivity index (χ0) is 16.1. The maximum Gasteiger partial charge on any atom is 0.224 e. The molecule has 2 atom stereocenters. The molecule has 0 aliphatic carbocycles. The van der Waals surface area contributed by atoms with Crippen molar-refractivity contribution in [1.29, 1.82) is 0 Å². The van der Waals surface area contributed by atoms with Crippen LogP contribution in [0.4, 0.5) is 0 Å². The van der Waals surface area contributed by atoms with Gasteiger partial charge in [0.2, 0.25) is 5.91 Å². The van der Waals surface area contributed by atoms with Crippen molar-refractivity contribution < 1.29 is 4.79 Å². The fourth-order valence-corrected chi connectivity index (χ4v) is 2.43. The number of hydrogen-bond acceptors (Lipinski definition) is 2. The second-order valence-corrected chi connectivity index (χ2v) is 5.81. The second kappa shape index (κ2) is 8.70. The van der Waals surface area contributed by atoms with Gasteiger partial charge in [0.15, 0.2) is 0 Å². The Balaban J connectivity index is 0.00000264. The van der Waals surface area contributed by atoms with Crippen LogP contribution >= 0.6 is 12.4 Å². The minimum atomic E-state index is -0.263. The van der Waals surface area contributed by atoms with E-state index in [2.05, 4.69) is 31.2 Å². The van der Waals surface area contributed by atoms with Crippen LogP contribution in [0.25, 0.3) is 0 Å². The lowest BCUT2D eigenvalue weighted by molar-refractivity contribution is -0.132. The summed E-state index contributed by atoms with van der Waals surface area (Å²) in [6.07, 6.45) is 0.316. The van der Waals surface area contributed by atoms with E-state index < -0.39 is 0 Å². The van der Waals surface area contributed by atoms with Gasteiger partial charge in [-0.15, -0.1) is 12.4 Å². The molecule has 0 aliphatic rings. The Bertz CT molecular complexity index is 613. The van der Waals surface area contributed by atoms with Gasteiger partial charge in [-0.05, 0) is 25.0 Å². The number of nitrogens with zero attached hydrogens (tertiary/aromatic N) is 1. The van der Waals surface area contributed by atoms with Crippen LogP contribution in [-0.2, 0) is 4.79 Å². The fraction of sp³-hybridized carbons (Fsp3) is 0.316. The maximum atomic E-state index is 12.5. The van der Waals surface area contributed by atoms with Gasteiger partial charge in [-0.3, -0.25) is 4.79 Å². The molecule has 0 bridgehead atoms. The van der Waals surface area contributed by atoms with Gasteiger partial charge in [0.05, 0.1) is 6.04 Å². The first-order valence-electron chi connectivity index (χ1n) is 7.62. The third-order valence-corrected chi connectivity index (χ3v) is 4.16. The minimum absolute atomic E-state index is 0. The Hall–Kier alpha value is -1.84. The number of amides is 1. The lowest BCUT2D eigenvalue weighted by Gasteiger charge is -2.27. The quantitative estimate of drug-likeness (QED) is 0.898. The molecule has 2 aromatic rings. The highest BCUT2D eigenvalue weighted by atomic mass is 35.5. The molecule has 2 rings (SSSR count). The summed E-state index contributed by atoms with van der Waals surface area (Å²) < 4.78 is 0. The first-order chi connectivity index (χ1) is 10.5. The van der Waals surface area contributed by atoms with Crippen LogP contribution in [-0.4, -0.2) is 17.9 Å². The molecule has 4 heteroatoms. The van der Waals surface area contributed by atoms with E-state index in [1.807, 2.05) is 44.3 Å². The van der Waals surface area contributed by atoms with Gasteiger partial charge in [-0.1, -0.05) is 60.2 Å². The Morgan fingerprint density at radius 1 is 1.04 bits per heavy atom. The van der Waals surface area contributed by atoms with E-state index in [1.54, 1.807) is 4.90 Å². The molecule has 0 radical (unpaired) electrons. The number of rotatable bonds is 5. The Morgan fingerprint density at radius 3 is 2.17 bits per heavy atom. The summed E-state index contributed by atoms with van der Waals surface area (Å²) in [5, 5.41) is 0. The average molecular weight is 333 g/mol. The molecule has 124 valence electrons. The normalized spacial score (nSPS) is 12.9. The molecule has 0 fully saturated rings. The van der Waals surface area contributed by atoms with Crippen LogP contribution in [0.15, 0.2) is 54.6 Å². The van der Waals surface area contributed by atoms with Crippen molar-refractivity contribution in [2.24, 2.45) is 5.73 Å². The smallest absolute Gasteiger partial charge is 0.224 e. The topological polar surface area (TPSA) is 46.3 Å². The molecule has 0 heterocycles. The molecule has 0 spiro atoms. The average Bonchev–Trinajstić information content (AvgIpc) is 2.55. The van der Waals surface area contributed by atoms with E-state index in [1.165, 1.54) is 5.56 Å². The van der Waals surface area contributed by atoms with Crippen LogP contribution in [0.3, 0.4) is 0 Å². The summed E-state index contributed by atoms with van der Waals surface area (Å²) in [5.41, 5.74) is 9.49. The van der Waals surface area contributed by atoms with Crippen LogP contribution in [0.5, 0.6) is 0 Å². The molecule has 0 saturated carbocycles. The van der Waals surface area contributed by atoms with E-state index >= 15 is 0 Å². The molecule has 23 heavy (non-hydrogen) atoms. The Kier molecular flexibility index (Phi) is 7.27. The summed E-state index contributed by atoms with van der Waals surface area (Å²) in [7, 11) is 1.84. The predicted octanol–water partition coefficient (Wildman–Crippen LogP) is 4.03. The number of benzene rings is 2. The van der Waals surface area contributed by atoms with E-state index in [0.29, 0.717) is 6.42 Å². The molecular weight excluding hydrogens is 308 g/mol. The molecule has 3 nitrogen and oxygen atoms in total. The van der Waals surface area contributed by atoms with Crippen LogP contribution < -0.4 is 5.73 Å². The monoisotopic (exact) mass is 332 g/mol. The van der Waals surface area contributed by atoms with Crippen molar-refractivity contribution >= 4 is 18.3 Å². The van der Waals surface area contributed by atoms with Gasteiger partial charge in [0, 0.05) is 19.5 Å². The standard InChI is InChI=1S/C19H24N2O.ClH/c1-14-9-11-16(12-10-14)15(2)21(3)19(22)13-18(20)17-7-5-4-6-8-17;/h4-12,15,18H,13,20H2,1-3H3;1H. The summed E-state index contributed by atoms with van der Waals surface area (Å²) >= 11 is 0. The van der Waals surface area contributed by atoms with Crippen LogP contribution in [0.2, 0.25) is 0 Å². The summed E-state index contributed by atoms with van der Waals surface area (Å²) in [6.45, 7) is 4.10. The van der Waals surface area contributed by atoms with Crippen molar-refractivity contribution in [3.05, 3.63) is 71.3 Å². The van der Waals surface area contributed by atoms with Gasteiger partial charge in [0.1, 0.15) is 0 Å².